The highest BCUT2D eigenvalue weighted by molar-refractivity contribution is 6.32. The molecule has 39 heavy (non-hydrogen) atoms. The van der Waals surface area contributed by atoms with Crippen LogP contribution in [0.3, 0.4) is 0 Å². The molecule has 1 aliphatic rings. The first-order valence-electron chi connectivity index (χ1n) is 12.9. The normalized spacial score (nSPS) is 17.1. The first kappa shape index (κ1) is 28.5. The van der Waals surface area contributed by atoms with Crippen LogP contribution in [0.4, 0.5) is 4.79 Å². The molecule has 0 spiro atoms. The van der Waals surface area contributed by atoms with Crippen molar-refractivity contribution in [3.63, 3.8) is 0 Å². The molecule has 1 amide bonds. The van der Waals surface area contributed by atoms with Gasteiger partial charge in [0.05, 0.1) is 51.2 Å². The molecule has 0 aromatic heterocycles. The lowest BCUT2D eigenvalue weighted by Gasteiger charge is -2.37. The minimum atomic E-state index is -0.957. The highest BCUT2D eigenvalue weighted by Gasteiger charge is 2.33. The summed E-state index contributed by atoms with van der Waals surface area (Å²) in [7, 11) is 1.65. The maximum Gasteiger partial charge on any atom is 0.407 e. The summed E-state index contributed by atoms with van der Waals surface area (Å²) in [5, 5.41) is 19.7. The van der Waals surface area contributed by atoms with Gasteiger partial charge in [-0.3, -0.25) is 0 Å². The Hall–Kier alpha value is -3.46. The molecular weight excluding hydrogens is 522 g/mol. The summed E-state index contributed by atoms with van der Waals surface area (Å²) in [5.41, 5.74) is 2.84. The number of likely N-dealkylation sites (tertiary alicyclic amines) is 1. The molecule has 1 saturated heterocycles. The quantitative estimate of drug-likeness (QED) is 0.261. The Morgan fingerprint density at radius 2 is 1.85 bits per heavy atom. The molecule has 4 rings (SSSR count). The van der Waals surface area contributed by atoms with Crippen molar-refractivity contribution in [3.8, 4) is 17.2 Å². The van der Waals surface area contributed by atoms with Gasteiger partial charge in [-0.1, -0.05) is 48.0 Å². The predicted molar refractivity (Wildman–Crippen MR) is 148 cm³/mol. The highest BCUT2D eigenvalue weighted by atomic mass is 35.5. The van der Waals surface area contributed by atoms with E-state index in [0.29, 0.717) is 32.8 Å². The van der Waals surface area contributed by atoms with E-state index in [0.717, 1.165) is 34.6 Å². The number of phenols is 1. The summed E-state index contributed by atoms with van der Waals surface area (Å²) < 4.78 is 23.2. The van der Waals surface area contributed by atoms with Gasteiger partial charge in [-0.15, -0.1) is 0 Å². The number of ether oxygens (including phenoxy) is 4. The maximum absolute atomic E-state index is 11.6. The van der Waals surface area contributed by atoms with E-state index in [1.54, 1.807) is 25.3 Å². The van der Waals surface area contributed by atoms with Crippen molar-refractivity contribution in [3.05, 3.63) is 88.4 Å². The number of halogens is 1. The smallest absolute Gasteiger partial charge is 0.407 e. The number of nitrogens with zero attached hydrogens (tertiary/aromatic N) is 1. The largest absolute Gasteiger partial charge is 0.506 e. The van der Waals surface area contributed by atoms with Gasteiger partial charge in [0, 0.05) is 24.4 Å². The molecule has 0 radical (unpaired) electrons. The molecule has 1 fully saturated rings. The van der Waals surface area contributed by atoms with Gasteiger partial charge in [0.25, 0.3) is 0 Å². The Morgan fingerprint density at radius 3 is 2.59 bits per heavy atom. The van der Waals surface area contributed by atoms with Crippen LogP contribution in [0.5, 0.6) is 17.2 Å². The third-order valence-corrected chi connectivity index (χ3v) is 7.08. The Kier molecular flexibility index (Phi) is 10.3. The summed E-state index contributed by atoms with van der Waals surface area (Å²) in [6.07, 6.45) is 0.106. The fraction of sp³-hybridized carbons (Fsp3) is 0.367. The molecule has 208 valence electrons. The molecule has 1 heterocycles. The molecule has 2 unspecified atom stereocenters. The van der Waals surface area contributed by atoms with Gasteiger partial charge in [-0.25, -0.2) is 4.79 Å². The van der Waals surface area contributed by atoms with Gasteiger partial charge in [-0.05, 0) is 47.9 Å². The van der Waals surface area contributed by atoms with Crippen molar-refractivity contribution in [1.29, 1.82) is 0 Å². The number of carboxylic acid groups (broad SMARTS) is 1. The molecule has 2 atom stereocenters. The maximum atomic E-state index is 11.6. The monoisotopic (exact) mass is 555 g/mol. The lowest BCUT2D eigenvalue weighted by molar-refractivity contribution is -0.0200. The summed E-state index contributed by atoms with van der Waals surface area (Å²) in [5.74, 6) is 1.60. The van der Waals surface area contributed by atoms with Gasteiger partial charge in [0.1, 0.15) is 17.2 Å². The van der Waals surface area contributed by atoms with Gasteiger partial charge in [0.2, 0.25) is 0 Å². The van der Waals surface area contributed by atoms with E-state index in [-0.39, 0.29) is 35.9 Å². The molecule has 0 aliphatic carbocycles. The van der Waals surface area contributed by atoms with Crippen LogP contribution < -0.4 is 9.47 Å². The van der Waals surface area contributed by atoms with Crippen molar-refractivity contribution in [1.82, 2.24) is 4.90 Å². The standard InChI is InChI=1S/C30H34ClNO7/c1-36-28-6-3-2-5-23(28)20-37-15-4-16-38-24-10-8-22(9-11-24)25-13-14-32(30(34)35)18-29(25)39-19-21-7-12-26(31)27(33)17-21/h2-3,5-12,17,25,29,33H,4,13-16,18-20H2,1H3,(H,34,35). The van der Waals surface area contributed by atoms with Gasteiger partial charge >= 0.3 is 6.09 Å². The second kappa shape index (κ2) is 14.1. The first-order chi connectivity index (χ1) is 18.9. The Bertz CT molecular complexity index is 1220. The highest BCUT2D eigenvalue weighted by Crippen LogP contribution is 2.33. The Morgan fingerprint density at radius 1 is 1.05 bits per heavy atom. The van der Waals surface area contributed by atoms with Crippen molar-refractivity contribution >= 4 is 17.7 Å². The number of hydrogen-bond acceptors (Lipinski definition) is 6. The fourth-order valence-electron chi connectivity index (χ4n) is 4.66. The molecule has 1 aliphatic heterocycles. The summed E-state index contributed by atoms with van der Waals surface area (Å²) >= 11 is 5.90. The van der Waals surface area contributed by atoms with E-state index >= 15 is 0 Å². The van der Waals surface area contributed by atoms with Crippen LogP contribution in [-0.4, -0.2) is 60.7 Å². The Balaban J connectivity index is 1.27. The minimum absolute atomic E-state index is 0.0105. The second-order valence-corrected chi connectivity index (χ2v) is 9.80. The van der Waals surface area contributed by atoms with Crippen LogP contribution in [0, 0.1) is 0 Å². The molecule has 3 aromatic rings. The first-order valence-corrected chi connectivity index (χ1v) is 13.3. The molecular formula is C30H34ClNO7. The third-order valence-electron chi connectivity index (χ3n) is 6.76. The number of amides is 1. The molecule has 8 nitrogen and oxygen atoms in total. The van der Waals surface area contributed by atoms with Gasteiger partial charge in [-0.2, -0.15) is 0 Å². The molecule has 0 bridgehead atoms. The number of phenolic OH excluding ortho intramolecular Hbond substituents is 1. The average Bonchev–Trinajstić information content (AvgIpc) is 2.96. The number of aromatic hydroxyl groups is 1. The molecule has 0 saturated carbocycles. The van der Waals surface area contributed by atoms with E-state index in [4.69, 9.17) is 30.5 Å². The summed E-state index contributed by atoms with van der Waals surface area (Å²) in [6, 6.07) is 20.6. The zero-order valence-corrected chi connectivity index (χ0v) is 22.7. The van der Waals surface area contributed by atoms with Crippen LogP contribution in [0.25, 0.3) is 0 Å². The number of hydrogen-bond donors (Lipinski definition) is 2. The fourth-order valence-corrected chi connectivity index (χ4v) is 4.78. The van der Waals surface area contributed by atoms with Crippen LogP contribution in [-0.2, 0) is 22.7 Å². The zero-order valence-electron chi connectivity index (χ0n) is 21.9. The van der Waals surface area contributed by atoms with Gasteiger partial charge in [0.15, 0.2) is 0 Å². The number of para-hydroxylation sites is 1. The van der Waals surface area contributed by atoms with E-state index in [1.807, 2.05) is 48.5 Å². The van der Waals surface area contributed by atoms with E-state index in [1.165, 1.54) is 4.90 Å². The van der Waals surface area contributed by atoms with Crippen LogP contribution in [0.1, 0.15) is 35.4 Å². The SMILES string of the molecule is COc1ccccc1COCCCOc1ccc(C2CCN(C(=O)O)CC2OCc2ccc(Cl)c(O)c2)cc1. The van der Waals surface area contributed by atoms with Crippen molar-refractivity contribution in [2.75, 3.05) is 33.4 Å². The number of carbonyl (C=O) groups is 1. The van der Waals surface area contributed by atoms with Crippen LogP contribution in [0.2, 0.25) is 5.02 Å². The number of rotatable bonds is 12. The third kappa shape index (κ3) is 8.02. The lowest BCUT2D eigenvalue weighted by atomic mass is 9.87. The second-order valence-electron chi connectivity index (χ2n) is 9.39. The Labute approximate surface area is 233 Å². The summed E-state index contributed by atoms with van der Waals surface area (Å²) in [4.78, 5) is 13.0. The van der Waals surface area contributed by atoms with E-state index in [2.05, 4.69) is 0 Å². The predicted octanol–water partition coefficient (Wildman–Crippen LogP) is 6.09. The van der Waals surface area contributed by atoms with Crippen LogP contribution >= 0.6 is 11.6 Å². The van der Waals surface area contributed by atoms with E-state index in [9.17, 15) is 15.0 Å². The van der Waals surface area contributed by atoms with Crippen molar-refractivity contribution in [2.45, 2.75) is 38.1 Å². The van der Waals surface area contributed by atoms with Crippen LogP contribution in [0.15, 0.2) is 66.7 Å². The molecule has 2 N–H and O–H groups in total. The van der Waals surface area contributed by atoms with Crippen molar-refractivity contribution in [2.24, 2.45) is 0 Å². The zero-order chi connectivity index (χ0) is 27.6. The lowest BCUT2D eigenvalue weighted by Crippen LogP contribution is -2.46. The topological polar surface area (TPSA) is 97.7 Å². The minimum Gasteiger partial charge on any atom is -0.506 e. The molecule has 9 heteroatoms. The van der Waals surface area contributed by atoms with E-state index < -0.39 is 6.09 Å². The summed E-state index contributed by atoms with van der Waals surface area (Å²) in [6.45, 7) is 2.54. The van der Waals surface area contributed by atoms with Crippen molar-refractivity contribution < 1.29 is 34.0 Å². The average molecular weight is 556 g/mol. The number of piperidine rings is 1. The molecule has 3 aromatic carbocycles. The van der Waals surface area contributed by atoms with Gasteiger partial charge < -0.3 is 34.1 Å². The number of methoxy groups -OCH3 is 1. The number of benzene rings is 3.